The van der Waals surface area contributed by atoms with Crippen molar-refractivity contribution >= 4 is 23.7 Å². The number of carbonyl (C=O) groups excluding carboxylic acids is 4. The Hall–Kier alpha value is -3.62. The first-order valence-corrected chi connectivity index (χ1v) is 11.3. The molecule has 1 saturated heterocycles. The topological polar surface area (TPSA) is 109 Å². The van der Waals surface area contributed by atoms with Gasteiger partial charge in [-0.15, -0.1) is 0 Å². The molecular formula is C25H31N3O6. The van der Waals surface area contributed by atoms with E-state index in [1.165, 1.54) is 13.2 Å². The number of amides is 3. The van der Waals surface area contributed by atoms with E-state index in [1.54, 1.807) is 34.1 Å². The lowest BCUT2D eigenvalue weighted by Crippen LogP contribution is -2.53. The predicted molar refractivity (Wildman–Crippen MR) is 124 cm³/mol. The van der Waals surface area contributed by atoms with Crippen LogP contribution >= 0.6 is 0 Å². The minimum Gasteiger partial charge on any atom is -0.459 e. The van der Waals surface area contributed by atoms with Gasteiger partial charge >= 0.3 is 5.97 Å². The number of benzene rings is 1. The van der Waals surface area contributed by atoms with Gasteiger partial charge in [0.25, 0.3) is 17.7 Å². The van der Waals surface area contributed by atoms with Crippen LogP contribution < -0.4 is 5.32 Å². The third-order valence-corrected chi connectivity index (χ3v) is 5.67. The number of hydrogen-bond donors (Lipinski definition) is 1. The van der Waals surface area contributed by atoms with Crippen LogP contribution in [0.25, 0.3) is 0 Å². The Morgan fingerprint density at radius 2 is 1.62 bits per heavy atom. The van der Waals surface area contributed by atoms with Gasteiger partial charge < -0.3 is 24.3 Å². The van der Waals surface area contributed by atoms with Crippen LogP contribution in [0.3, 0.4) is 0 Å². The SMILES string of the molecule is C[C@@H](OC(=O)CNC(=O)c1ccc(C(C)(C)C)cc1)C(=O)N1CCN(C(=O)c2ccco2)CC1. The first-order chi connectivity index (χ1) is 16.1. The molecule has 2 aromatic rings. The highest BCUT2D eigenvalue weighted by atomic mass is 16.5. The van der Waals surface area contributed by atoms with E-state index in [0.29, 0.717) is 31.7 Å². The normalized spacial score (nSPS) is 14.9. The highest BCUT2D eigenvalue weighted by molar-refractivity contribution is 5.96. The van der Waals surface area contributed by atoms with E-state index in [4.69, 9.17) is 9.15 Å². The summed E-state index contributed by atoms with van der Waals surface area (Å²) in [6.07, 6.45) is 0.441. The second-order valence-corrected chi connectivity index (χ2v) is 9.24. The molecule has 9 nitrogen and oxygen atoms in total. The molecule has 1 aliphatic heterocycles. The molecule has 0 unspecified atom stereocenters. The molecule has 0 spiro atoms. The largest absolute Gasteiger partial charge is 0.459 e. The highest BCUT2D eigenvalue weighted by Gasteiger charge is 2.29. The summed E-state index contributed by atoms with van der Waals surface area (Å²) in [5, 5.41) is 2.52. The number of furan rings is 1. The second-order valence-electron chi connectivity index (χ2n) is 9.24. The van der Waals surface area contributed by atoms with E-state index in [9.17, 15) is 19.2 Å². The minimum absolute atomic E-state index is 0.0247. The summed E-state index contributed by atoms with van der Waals surface area (Å²) in [4.78, 5) is 52.6. The number of hydrogen-bond acceptors (Lipinski definition) is 6. The number of ether oxygens (including phenoxy) is 1. The molecule has 1 aromatic heterocycles. The lowest BCUT2D eigenvalue weighted by atomic mass is 9.87. The van der Waals surface area contributed by atoms with Gasteiger partial charge in [-0.25, -0.2) is 0 Å². The Kier molecular flexibility index (Phi) is 7.75. The van der Waals surface area contributed by atoms with Gasteiger partial charge in [0.15, 0.2) is 11.9 Å². The molecular weight excluding hydrogens is 438 g/mol. The standard InChI is InChI=1S/C25H31N3O6/c1-17(23(31)27-11-13-28(14-12-27)24(32)20-6-5-15-33-20)34-21(29)16-26-22(30)18-7-9-19(10-8-18)25(2,3)4/h5-10,15,17H,11-14,16H2,1-4H3,(H,26,30)/t17-/m1/s1. The van der Waals surface area contributed by atoms with Crippen molar-refractivity contribution in [1.82, 2.24) is 15.1 Å². The van der Waals surface area contributed by atoms with Gasteiger partial charge in [0, 0.05) is 31.7 Å². The van der Waals surface area contributed by atoms with Crippen molar-refractivity contribution in [3.05, 3.63) is 59.5 Å². The summed E-state index contributed by atoms with van der Waals surface area (Å²) in [7, 11) is 0. The van der Waals surface area contributed by atoms with Crippen LogP contribution in [0.4, 0.5) is 0 Å². The molecule has 1 aromatic carbocycles. The monoisotopic (exact) mass is 469 g/mol. The Morgan fingerprint density at radius 3 is 2.18 bits per heavy atom. The van der Waals surface area contributed by atoms with Crippen LogP contribution in [0.1, 0.15) is 54.2 Å². The molecule has 1 aliphatic rings. The van der Waals surface area contributed by atoms with Crippen LogP contribution in [-0.4, -0.2) is 72.3 Å². The molecule has 1 atom stereocenters. The third kappa shape index (κ3) is 6.24. The van der Waals surface area contributed by atoms with Crippen LogP contribution in [-0.2, 0) is 19.7 Å². The maximum Gasteiger partial charge on any atom is 0.326 e. The molecule has 1 N–H and O–H groups in total. The molecule has 2 heterocycles. The minimum atomic E-state index is -0.997. The Balaban J connectivity index is 1.42. The molecule has 0 bridgehead atoms. The van der Waals surface area contributed by atoms with Crippen molar-refractivity contribution < 1.29 is 28.3 Å². The zero-order valence-electron chi connectivity index (χ0n) is 20.0. The molecule has 3 amide bonds. The third-order valence-electron chi connectivity index (χ3n) is 5.67. The lowest BCUT2D eigenvalue weighted by molar-refractivity contribution is -0.158. The highest BCUT2D eigenvalue weighted by Crippen LogP contribution is 2.22. The van der Waals surface area contributed by atoms with Gasteiger partial charge in [-0.3, -0.25) is 19.2 Å². The first kappa shape index (κ1) is 25.0. The van der Waals surface area contributed by atoms with Crippen molar-refractivity contribution in [3.63, 3.8) is 0 Å². The van der Waals surface area contributed by atoms with Crippen LogP contribution in [0.5, 0.6) is 0 Å². The summed E-state index contributed by atoms with van der Waals surface area (Å²) >= 11 is 0. The predicted octanol–water partition coefficient (Wildman–Crippen LogP) is 2.22. The maximum absolute atomic E-state index is 12.7. The van der Waals surface area contributed by atoms with Gasteiger partial charge in [-0.2, -0.15) is 0 Å². The lowest BCUT2D eigenvalue weighted by Gasteiger charge is -2.35. The maximum atomic E-state index is 12.7. The fourth-order valence-corrected chi connectivity index (χ4v) is 3.61. The Labute approximate surface area is 199 Å². The van der Waals surface area contributed by atoms with Gasteiger partial charge in [-0.1, -0.05) is 32.9 Å². The van der Waals surface area contributed by atoms with Crippen molar-refractivity contribution in [3.8, 4) is 0 Å². The van der Waals surface area contributed by atoms with Gasteiger partial charge in [0.05, 0.1) is 6.26 Å². The fraction of sp³-hybridized carbons (Fsp3) is 0.440. The summed E-state index contributed by atoms with van der Waals surface area (Å²) in [6.45, 7) is 8.77. The van der Waals surface area contributed by atoms with Gasteiger partial charge in [0.2, 0.25) is 0 Å². The summed E-state index contributed by atoms with van der Waals surface area (Å²) < 4.78 is 10.3. The van der Waals surface area contributed by atoms with E-state index < -0.39 is 18.0 Å². The van der Waals surface area contributed by atoms with E-state index in [2.05, 4.69) is 26.1 Å². The molecule has 0 aliphatic carbocycles. The van der Waals surface area contributed by atoms with Crippen molar-refractivity contribution in [2.24, 2.45) is 0 Å². The Morgan fingerprint density at radius 1 is 1.00 bits per heavy atom. The average molecular weight is 470 g/mol. The van der Waals surface area contributed by atoms with Crippen molar-refractivity contribution in [2.45, 2.75) is 39.2 Å². The van der Waals surface area contributed by atoms with E-state index in [-0.39, 0.29) is 29.5 Å². The summed E-state index contributed by atoms with van der Waals surface area (Å²) in [6, 6.07) is 10.4. The molecule has 34 heavy (non-hydrogen) atoms. The number of esters is 1. The number of carbonyl (C=O) groups is 4. The van der Waals surface area contributed by atoms with Gasteiger partial charge in [-0.05, 0) is 42.2 Å². The first-order valence-electron chi connectivity index (χ1n) is 11.3. The van der Waals surface area contributed by atoms with Crippen LogP contribution in [0, 0.1) is 0 Å². The zero-order chi connectivity index (χ0) is 24.9. The molecule has 3 rings (SSSR count). The molecule has 1 fully saturated rings. The quantitative estimate of drug-likeness (QED) is 0.650. The number of rotatable bonds is 6. The summed E-state index contributed by atoms with van der Waals surface area (Å²) in [5.74, 6) is -1.40. The van der Waals surface area contributed by atoms with Crippen LogP contribution in [0.15, 0.2) is 47.1 Å². The number of nitrogens with one attached hydrogen (secondary N) is 1. The fourth-order valence-electron chi connectivity index (χ4n) is 3.61. The molecule has 0 radical (unpaired) electrons. The van der Waals surface area contributed by atoms with Crippen molar-refractivity contribution in [1.29, 1.82) is 0 Å². The second kappa shape index (κ2) is 10.5. The van der Waals surface area contributed by atoms with E-state index in [1.807, 2.05) is 12.1 Å². The van der Waals surface area contributed by atoms with Gasteiger partial charge in [0.1, 0.15) is 6.54 Å². The van der Waals surface area contributed by atoms with Crippen LogP contribution in [0.2, 0.25) is 0 Å². The smallest absolute Gasteiger partial charge is 0.326 e. The van der Waals surface area contributed by atoms with E-state index in [0.717, 1.165) is 5.56 Å². The van der Waals surface area contributed by atoms with Crippen molar-refractivity contribution in [2.75, 3.05) is 32.7 Å². The van der Waals surface area contributed by atoms with E-state index >= 15 is 0 Å². The average Bonchev–Trinajstić information content (AvgIpc) is 3.36. The summed E-state index contributed by atoms with van der Waals surface area (Å²) in [5.41, 5.74) is 1.51. The molecule has 9 heteroatoms. The Bertz CT molecular complexity index is 1020. The number of nitrogens with zero attached hydrogens (tertiary/aromatic N) is 2. The molecule has 0 saturated carbocycles. The molecule has 182 valence electrons. The number of piperazine rings is 1. The zero-order valence-corrected chi connectivity index (χ0v) is 20.0.